The lowest BCUT2D eigenvalue weighted by molar-refractivity contribution is 0.375. The van der Waals surface area contributed by atoms with E-state index in [2.05, 4.69) is 20.0 Å². The monoisotopic (exact) mass is 429 g/mol. The van der Waals surface area contributed by atoms with Crippen LogP contribution in [0, 0.1) is 0 Å². The number of aromatic nitrogens is 4. The zero-order valence-corrected chi connectivity index (χ0v) is 17.3. The van der Waals surface area contributed by atoms with Crippen molar-refractivity contribution in [2.45, 2.75) is 11.4 Å². The van der Waals surface area contributed by atoms with Gasteiger partial charge in [-0.3, -0.25) is 9.40 Å². The third-order valence-electron chi connectivity index (χ3n) is 4.32. The average molecular weight is 429 g/mol. The van der Waals surface area contributed by atoms with Crippen molar-refractivity contribution in [3.8, 4) is 17.2 Å². The molecule has 0 aliphatic rings. The number of pyridine rings is 1. The van der Waals surface area contributed by atoms with Crippen LogP contribution in [-0.2, 0) is 17.5 Å². The zero-order valence-electron chi connectivity index (χ0n) is 16.5. The molecule has 11 heteroatoms. The number of anilines is 1. The van der Waals surface area contributed by atoms with Crippen LogP contribution in [0.25, 0.3) is 11.1 Å². The van der Waals surface area contributed by atoms with Crippen molar-refractivity contribution in [2.75, 3.05) is 26.1 Å². The Hall–Kier alpha value is -3.60. The molecule has 0 bridgehead atoms. The first-order chi connectivity index (χ1) is 14.6. The van der Waals surface area contributed by atoms with E-state index in [1.807, 2.05) is 12.3 Å². The first-order valence-electron chi connectivity index (χ1n) is 8.84. The van der Waals surface area contributed by atoms with E-state index in [0.717, 1.165) is 0 Å². The molecule has 0 fully saturated rings. The van der Waals surface area contributed by atoms with Gasteiger partial charge in [-0.05, 0) is 18.2 Å². The van der Waals surface area contributed by atoms with Gasteiger partial charge in [0, 0.05) is 18.5 Å². The summed E-state index contributed by atoms with van der Waals surface area (Å²) in [5.74, 6) is 1.54. The molecule has 156 valence electrons. The van der Waals surface area contributed by atoms with Gasteiger partial charge in [0.05, 0.1) is 33.6 Å². The maximum atomic E-state index is 13.1. The topological polar surface area (TPSA) is 114 Å². The third-order valence-corrected chi connectivity index (χ3v) is 5.48. The van der Waals surface area contributed by atoms with Gasteiger partial charge in [-0.15, -0.1) is 0 Å². The van der Waals surface area contributed by atoms with Gasteiger partial charge < -0.3 is 18.7 Å². The lowest BCUT2D eigenvalue weighted by Crippen LogP contribution is -2.09. The van der Waals surface area contributed by atoms with E-state index in [4.69, 9.17) is 18.7 Å². The predicted molar refractivity (Wildman–Crippen MR) is 109 cm³/mol. The van der Waals surface area contributed by atoms with Crippen molar-refractivity contribution in [3.05, 3.63) is 48.4 Å². The highest BCUT2D eigenvalue weighted by Gasteiger charge is 2.22. The summed E-state index contributed by atoms with van der Waals surface area (Å²) in [6.07, 6.45) is 3.52. The first-order valence-corrected chi connectivity index (χ1v) is 9.99. The van der Waals surface area contributed by atoms with Crippen molar-refractivity contribution in [1.82, 2.24) is 19.9 Å². The second kappa shape index (κ2) is 8.41. The Morgan fingerprint density at radius 1 is 1.10 bits per heavy atom. The smallest absolute Gasteiger partial charge is 0.264 e. The average Bonchev–Trinajstić information content (AvgIpc) is 3.42. The molecule has 1 N–H and O–H groups in total. The lowest BCUT2D eigenvalue weighted by Gasteiger charge is -2.12. The fraction of sp³-hybridized carbons (Fsp3) is 0.211. The maximum Gasteiger partial charge on any atom is 0.264 e. The number of methoxy groups -OCH3 is 3. The molecule has 4 rings (SSSR count). The Morgan fingerprint density at radius 2 is 1.83 bits per heavy atom. The molecule has 10 nitrogen and oxygen atoms in total. The normalized spacial score (nSPS) is 12.0. The van der Waals surface area contributed by atoms with Crippen LogP contribution < -0.4 is 18.9 Å². The second-order valence-electron chi connectivity index (χ2n) is 6.09. The summed E-state index contributed by atoms with van der Waals surface area (Å²) in [5, 5.41) is 8.64. The number of fused-ring (bicyclic) bond motifs is 1. The predicted octanol–water partition coefficient (Wildman–Crippen LogP) is 2.63. The SMILES string of the molecule is COc1cccc(OC)c1S(=O)Nc1noc2nc(Cn3cccn3)cc(OC)c12. The van der Waals surface area contributed by atoms with E-state index in [1.165, 1.54) is 21.3 Å². The number of hydrogen-bond acceptors (Lipinski definition) is 8. The van der Waals surface area contributed by atoms with Gasteiger partial charge >= 0.3 is 0 Å². The van der Waals surface area contributed by atoms with Gasteiger partial charge in [0.15, 0.2) is 16.8 Å². The van der Waals surface area contributed by atoms with Gasteiger partial charge in [0.2, 0.25) is 0 Å². The Labute approximate surface area is 174 Å². The van der Waals surface area contributed by atoms with E-state index < -0.39 is 11.0 Å². The Balaban J connectivity index is 1.70. The summed E-state index contributed by atoms with van der Waals surface area (Å²) in [6.45, 7) is 0.438. The quantitative estimate of drug-likeness (QED) is 0.455. The van der Waals surface area contributed by atoms with Gasteiger partial charge in [-0.1, -0.05) is 11.2 Å². The van der Waals surface area contributed by atoms with E-state index in [9.17, 15) is 4.21 Å². The van der Waals surface area contributed by atoms with Crippen molar-refractivity contribution in [2.24, 2.45) is 0 Å². The number of nitrogens with zero attached hydrogens (tertiary/aromatic N) is 4. The van der Waals surface area contributed by atoms with Crippen molar-refractivity contribution >= 4 is 27.9 Å². The molecule has 1 atom stereocenters. The largest absolute Gasteiger partial charge is 0.496 e. The summed E-state index contributed by atoms with van der Waals surface area (Å²) in [4.78, 5) is 4.82. The molecule has 1 aromatic carbocycles. The number of hydrogen-bond donors (Lipinski definition) is 1. The summed E-state index contributed by atoms with van der Waals surface area (Å²) < 4.78 is 39.2. The molecule has 4 aromatic rings. The van der Waals surface area contributed by atoms with Gasteiger partial charge in [-0.2, -0.15) is 5.10 Å². The van der Waals surface area contributed by atoms with E-state index >= 15 is 0 Å². The number of benzene rings is 1. The molecule has 0 saturated heterocycles. The summed E-state index contributed by atoms with van der Waals surface area (Å²) in [6, 6.07) is 8.73. The Bertz CT molecular complexity index is 1170. The molecule has 3 aromatic heterocycles. The molecular formula is C19H19N5O5S. The lowest BCUT2D eigenvalue weighted by atomic mass is 10.2. The molecule has 0 spiro atoms. The first kappa shape index (κ1) is 19.7. The Kier molecular flexibility index (Phi) is 5.53. The minimum Gasteiger partial charge on any atom is -0.496 e. The van der Waals surface area contributed by atoms with Crippen molar-refractivity contribution < 1.29 is 22.9 Å². The van der Waals surface area contributed by atoms with Crippen LogP contribution in [0.15, 0.2) is 52.1 Å². The van der Waals surface area contributed by atoms with Crippen LogP contribution in [0.1, 0.15) is 5.69 Å². The number of nitrogens with one attached hydrogen (secondary N) is 1. The molecule has 0 aliphatic carbocycles. The van der Waals surface area contributed by atoms with Crippen LogP contribution in [0.5, 0.6) is 17.2 Å². The summed E-state index contributed by atoms with van der Waals surface area (Å²) in [5.41, 5.74) is 0.932. The molecule has 0 radical (unpaired) electrons. The number of rotatable bonds is 8. The zero-order chi connectivity index (χ0) is 21.1. The molecule has 0 amide bonds. The molecule has 1 unspecified atom stereocenters. The van der Waals surface area contributed by atoms with Crippen LogP contribution in [0.4, 0.5) is 5.82 Å². The highest BCUT2D eigenvalue weighted by atomic mass is 32.2. The molecule has 3 heterocycles. The van der Waals surface area contributed by atoms with Crippen LogP contribution in [0.3, 0.4) is 0 Å². The molecule has 30 heavy (non-hydrogen) atoms. The van der Waals surface area contributed by atoms with Crippen molar-refractivity contribution in [1.29, 1.82) is 0 Å². The molecule has 0 aliphatic heterocycles. The molecular weight excluding hydrogens is 410 g/mol. The van der Waals surface area contributed by atoms with Crippen LogP contribution in [0.2, 0.25) is 0 Å². The fourth-order valence-electron chi connectivity index (χ4n) is 2.98. The minimum absolute atomic E-state index is 0.228. The van der Waals surface area contributed by atoms with E-state index in [1.54, 1.807) is 35.1 Å². The van der Waals surface area contributed by atoms with Crippen LogP contribution >= 0.6 is 0 Å². The fourth-order valence-corrected chi connectivity index (χ4v) is 4.06. The highest BCUT2D eigenvalue weighted by molar-refractivity contribution is 7.86. The van der Waals surface area contributed by atoms with Crippen molar-refractivity contribution in [3.63, 3.8) is 0 Å². The molecule has 0 saturated carbocycles. The third kappa shape index (κ3) is 3.66. The minimum atomic E-state index is -1.75. The van der Waals surface area contributed by atoms with Gasteiger partial charge in [0.25, 0.3) is 5.71 Å². The second-order valence-corrected chi connectivity index (χ2v) is 7.24. The number of ether oxygens (including phenoxy) is 3. The maximum absolute atomic E-state index is 13.1. The van der Waals surface area contributed by atoms with Crippen LogP contribution in [-0.4, -0.2) is 45.5 Å². The summed E-state index contributed by atoms with van der Waals surface area (Å²) in [7, 11) is 2.77. The standard InChI is InChI=1S/C19H19N5O5S/c1-26-13-6-4-7-14(27-2)17(13)30(25)23-18-16-15(28-3)10-12(21-19(16)29-22-18)11-24-9-5-8-20-24/h4-10H,11H2,1-3H3,(H,22,23). The Morgan fingerprint density at radius 3 is 2.47 bits per heavy atom. The van der Waals surface area contributed by atoms with Gasteiger partial charge in [0.1, 0.15) is 27.5 Å². The van der Waals surface area contributed by atoms with E-state index in [0.29, 0.717) is 39.8 Å². The highest BCUT2D eigenvalue weighted by Crippen LogP contribution is 2.35. The van der Waals surface area contributed by atoms with Gasteiger partial charge in [-0.25, -0.2) is 9.19 Å². The summed E-state index contributed by atoms with van der Waals surface area (Å²) >= 11 is 0. The van der Waals surface area contributed by atoms with E-state index in [-0.39, 0.29) is 11.5 Å².